The summed E-state index contributed by atoms with van der Waals surface area (Å²) in [6.07, 6.45) is 0. The molecular weight excluding hydrogens is 400 g/mol. The summed E-state index contributed by atoms with van der Waals surface area (Å²) in [5.74, 6) is 0.983. The molecule has 0 saturated heterocycles. The lowest BCUT2D eigenvalue weighted by molar-refractivity contribution is 0.0997. The number of nitrogens with zero attached hydrogens (tertiary/aromatic N) is 2. The highest BCUT2D eigenvalue weighted by atomic mass is 32.1. The molecule has 0 aliphatic heterocycles. The van der Waals surface area contributed by atoms with Gasteiger partial charge in [-0.2, -0.15) is 4.99 Å². The summed E-state index contributed by atoms with van der Waals surface area (Å²) < 4.78 is 19.0. The zero-order chi connectivity index (χ0) is 21.1. The fourth-order valence-corrected chi connectivity index (χ4v) is 4.42. The maximum absolute atomic E-state index is 13.0. The minimum absolute atomic E-state index is 0.280. The summed E-state index contributed by atoms with van der Waals surface area (Å²) in [5, 5.41) is 2.10. The van der Waals surface area contributed by atoms with Gasteiger partial charge in [0.1, 0.15) is 0 Å². The average Bonchev–Trinajstić information content (AvgIpc) is 3.11. The molecule has 0 unspecified atom stereocenters. The first-order chi connectivity index (χ1) is 14.6. The minimum atomic E-state index is -0.280. The van der Waals surface area contributed by atoms with E-state index in [0.29, 0.717) is 35.0 Å². The SMILES string of the molecule is COCCn1c(=NC(=O)c2ccc3ccccc3c2)sc2cc(OC)c(OC)cc21. The number of ether oxygens (including phenoxy) is 3. The summed E-state index contributed by atoms with van der Waals surface area (Å²) in [6, 6.07) is 17.4. The van der Waals surface area contributed by atoms with Gasteiger partial charge in [-0.1, -0.05) is 41.7 Å². The number of benzene rings is 3. The van der Waals surface area contributed by atoms with E-state index in [4.69, 9.17) is 14.2 Å². The van der Waals surface area contributed by atoms with Crippen molar-refractivity contribution in [3.63, 3.8) is 0 Å². The molecule has 1 aromatic heterocycles. The van der Waals surface area contributed by atoms with E-state index in [2.05, 4.69) is 4.99 Å². The molecule has 0 spiro atoms. The van der Waals surface area contributed by atoms with Gasteiger partial charge in [0.05, 0.1) is 31.0 Å². The van der Waals surface area contributed by atoms with Gasteiger partial charge in [0, 0.05) is 31.4 Å². The molecule has 1 amide bonds. The third-order valence-corrected chi connectivity index (χ3v) is 5.94. The Hall–Kier alpha value is -3.16. The van der Waals surface area contributed by atoms with Crippen molar-refractivity contribution in [1.82, 2.24) is 4.57 Å². The van der Waals surface area contributed by atoms with E-state index in [-0.39, 0.29) is 5.91 Å². The Morgan fingerprint density at radius 3 is 2.43 bits per heavy atom. The number of carbonyl (C=O) groups excluding carboxylic acids is 1. The molecule has 6 nitrogen and oxygen atoms in total. The molecule has 0 aliphatic carbocycles. The Kier molecular flexibility index (Phi) is 5.83. The number of amides is 1. The molecule has 0 aliphatic rings. The van der Waals surface area contributed by atoms with Crippen LogP contribution >= 0.6 is 11.3 Å². The van der Waals surface area contributed by atoms with E-state index >= 15 is 0 Å². The van der Waals surface area contributed by atoms with Crippen LogP contribution in [-0.4, -0.2) is 38.4 Å². The fourth-order valence-electron chi connectivity index (χ4n) is 3.35. The van der Waals surface area contributed by atoms with Gasteiger partial charge in [-0.05, 0) is 22.9 Å². The zero-order valence-electron chi connectivity index (χ0n) is 17.0. The van der Waals surface area contributed by atoms with E-state index < -0.39 is 0 Å². The van der Waals surface area contributed by atoms with Crippen molar-refractivity contribution in [2.75, 3.05) is 27.9 Å². The Morgan fingerprint density at radius 1 is 0.967 bits per heavy atom. The second-order valence-corrected chi connectivity index (χ2v) is 7.69. The molecule has 0 saturated carbocycles. The van der Waals surface area contributed by atoms with Crippen molar-refractivity contribution in [3.05, 3.63) is 65.0 Å². The predicted octanol–water partition coefficient (Wildman–Crippen LogP) is 4.26. The van der Waals surface area contributed by atoms with E-state index in [1.807, 2.05) is 59.2 Å². The first-order valence-corrected chi connectivity index (χ1v) is 10.3. The lowest BCUT2D eigenvalue weighted by atomic mass is 10.1. The molecular formula is C23H22N2O4S. The Balaban J connectivity index is 1.84. The zero-order valence-corrected chi connectivity index (χ0v) is 17.9. The van der Waals surface area contributed by atoms with Gasteiger partial charge in [0.25, 0.3) is 5.91 Å². The van der Waals surface area contributed by atoms with E-state index in [9.17, 15) is 4.79 Å². The van der Waals surface area contributed by atoms with Crippen LogP contribution in [0.4, 0.5) is 0 Å². The summed E-state index contributed by atoms with van der Waals surface area (Å²) in [5.41, 5.74) is 1.47. The molecule has 1 heterocycles. The largest absolute Gasteiger partial charge is 0.493 e. The highest BCUT2D eigenvalue weighted by Gasteiger charge is 2.14. The van der Waals surface area contributed by atoms with Crippen LogP contribution in [0.5, 0.6) is 11.5 Å². The lowest BCUT2D eigenvalue weighted by Gasteiger charge is -2.09. The second kappa shape index (κ2) is 8.69. The molecule has 30 heavy (non-hydrogen) atoms. The summed E-state index contributed by atoms with van der Waals surface area (Å²) in [6.45, 7) is 1.06. The highest BCUT2D eigenvalue weighted by molar-refractivity contribution is 7.16. The number of hydrogen-bond donors (Lipinski definition) is 0. The van der Waals surface area contributed by atoms with Crippen molar-refractivity contribution >= 4 is 38.2 Å². The van der Waals surface area contributed by atoms with Crippen LogP contribution in [-0.2, 0) is 11.3 Å². The minimum Gasteiger partial charge on any atom is -0.493 e. The number of hydrogen-bond acceptors (Lipinski definition) is 5. The second-order valence-electron chi connectivity index (χ2n) is 6.68. The van der Waals surface area contributed by atoms with Gasteiger partial charge in [0.15, 0.2) is 16.3 Å². The molecule has 0 radical (unpaired) electrons. The lowest BCUT2D eigenvalue weighted by Crippen LogP contribution is -2.19. The number of carbonyl (C=O) groups is 1. The van der Waals surface area contributed by atoms with Crippen molar-refractivity contribution < 1.29 is 19.0 Å². The van der Waals surface area contributed by atoms with Crippen LogP contribution in [0.15, 0.2) is 59.6 Å². The van der Waals surface area contributed by atoms with Crippen molar-refractivity contribution in [2.45, 2.75) is 6.54 Å². The Bertz CT molecular complexity index is 1290. The maximum Gasteiger partial charge on any atom is 0.279 e. The van der Waals surface area contributed by atoms with Crippen LogP contribution in [0.2, 0.25) is 0 Å². The van der Waals surface area contributed by atoms with E-state index in [0.717, 1.165) is 21.0 Å². The van der Waals surface area contributed by atoms with Crippen LogP contribution in [0.25, 0.3) is 21.0 Å². The summed E-state index contributed by atoms with van der Waals surface area (Å²) >= 11 is 1.43. The molecule has 3 aromatic carbocycles. The van der Waals surface area contributed by atoms with Crippen LogP contribution in [0, 0.1) is 0 Å². The smallest absolute Gasteiger partial charge is 0.279 e. The standard InChI is InChI=1S/C23H22N2O4S/c1-27-11-10-25-18-13-19(28-2)20(29-3)14-21(18)30-23(25)24-22(26)17-9-8-15-6-4-5-7-16(15)12-17/h4-9,12-14H,10-11H2,1-3H3. The topological polar surface area (TPSA) is 62.1 Å². The quantitative estimate of drug-likeness (QED) is 0.466. The van der Waals surface area contributed by atoms with Crippen molar-refractivity contribution in [2.24, 2.45) is 4.99 Å². The van der Waals surface area contributed by atoms with Crippen LogP contribution in [0.3, 0.4) is 0 Å². The van der Waals surface area contributed by atoms with Gasteiger partial charge in [-0.25, -0.2) is 0 Å². The molecule has 0 N–H and O–H groups in total. The molecule has 154 valence electrons. The van der Waals surface area contributed by atoms with Crippen molar-refractivity contribution in [1.29, 1.82) is 0 Å². The van der Waals surface area contributed by atoms with Gasteiger partial charge in [-0.15, -0.1) is 0 Å². The molecule has 4 rings (SSSR count). The van der Waals surface area contributed by atoms with E-state index in [1.165, 1.54) is 11.3 Å². The van der Waals surface area contributed by atoms with Crippen LogP contribution in [0.1, 0.15) is 10.4 Å². The van der Waals surface area contributed by atoms with Gasteiger partial charge in [-0.3, -0.25) is 4.79 Å². The molecule has 0 bridgehead atoms. The molecule has 0 atom stereocenters. The molecule has 7 heteroatoms. The van der Waals surface area contributed by atoms with Gasteiger partial charge >= 0.3 is 0 Å². The highest BCUT2D eigenvalue weighted by Crippen LogP contribution is 2.33. The predicted molar refractivity (Wildman–Crippen MR) is 119 cm³/mol. The molecule has 4 aromatic rings. The maximum atomic E-state index is 13.0. The first-order valence-electron chi connectivity index (χ1n) is 9.46. The summed E-state index contributed by atoms with van der Waals surface area (Å²) in [4.78, 5) is 18.0. The molecule has 0 fully saturated rings. The van der Waals surface area contributed by atoms with Crippen molar-refractivity contribution in [3.8, 4) is 11.5 Å². The Labute approximate surface area is 178 Å². The fraction of sp³-hybridized carbons (Fsp3) is 0.217. The van der Waals surface area contributed by atoms with Crippen LogP contribution < -0.4 is 14.3 Å². The third-order valence-electron chi connectivity index (χ3n) is 4.90. The van der Waals surface area contributed by atoms with Gasteiger partial charge < -0.3 is 18.8 Å². The van der Waals surface area contributed by atoms with E-state index in [1.54, 1.807) is 21.3 Å². The average molecular weight is 423 g/mol. The van der Waals surface area contributed by atoms with Gasteiger partial charge in [0.2, 0.25) is 0 Å². The number of rotatable bonds is 6. The number of thiazole rings is 1. The Morgan fingerprint density at radius 2 is 1.70 bits per heavy atom. The monoisotopic (exact) mass is 422 g/mol. The summed E-state index contributed by atoms with van der Waals surface area (Å²) in [7, 11) is 4.85. The number of fused-ring (bicyclic) bond motifs is 2. The number of aromatic nitrogens is 1. The third kappa shape index (κ3) is 3.81. The number of methoxy groups -OCH3 is 3. The first kappa shape index (κ1) is 20.1. The normalized spacial score (nSPS) is 11.9.